The number of hydrogen-bond acceptors (Lipinski definition) is 9. The van der Waals surface area contributed by atoms with E-state index in [-0.39, 0.29) is 18.4 Å². The number of fused-ring (bicyclic) bond motifs is 1. The van der Waals surface area contributed by atoms with Crippen molar-refractivity contribution in [1.29, 1.82) is 0 Å². The average molecular weight is 457 g/mol. The lowest BCUT2D eigenvalue weighted by molar-refractivity contribution is -0.115. The molecular formula is C24H24N8O2. The summed E-state index contributed by atoms with van der Waals surface area (Å²) < 4.78 is 5.53. The molecule has 1 amide bonds. The number of anilines is 2. The number of pyridine rings is 3. The Hall–Kier alpha value is -4.18. The van der Waals surface area contributed by atoms with Crippen molar-refractivity contribution in [3.05, 3.63) is 60.8 Å². The van der Waals surface area contributed by atoms with Gasteiger partial charge in [-0.1, -0.05) is 6.07 Å². The van der Waals surface area contributed by atoms with E-state index < -0.39 is 0 Å². The summed E-state index contributed by atoms with van der Waals surface area (Å²) in [5.41, 5.74) is 2.22. The van der Waals surface area contributed by atoms with Gasteiger partial charge in [0.1, 0.15) is 17.4 Å². The van der Waals surface area contributed by atoms with Gasteiger partial charge in [0.05, 0.1) is 36.8 Å². The van der Waals surface area contributed by atoms with E-state index in [0.29, 0.717) is 28.7 Å². The summed E-state index contributed by atoms with van der Waals surface area (Å²) >= 11 is 0. The molecule has 0 aromatic carbocycles. The maximum atomic E-state index is 12.5. The van der Waals surface area contributed by atoms with Gasteiger partial charge in [-0.05, 0) is 36.7 Å². The van der Waals surface area contributed by atoms with Crippen LogP contribution in [0.2, 0.25) is 0 Å². The monoisotopic (exact) mass is 456 g/mol. The second-order valence-corrected chi connectivity index (χ2v) is 7.98. The van der Waals surface area contributed by atoms with Crippen LogP contribution in [0.5, 0.6) is 5.75 Å². The van der Waals surface area contributed by atoms with Crippen LogP contribution in [0.3, 0.4) is 0 Å². The van der Waals surface area contributed by atoms with Gasteiger partial charge in [-0.2, -0.15) is 0 Å². The van der Waals surface area contributed by atoms with Gasteiger partial charge in [-0.25, -0.2) is 15.0 Å². The van der Waals surface area contributed by atoms with Crippen LogP contribution in [0.4, 0.5) is 11.6 Å². The fourth-order valence-corrected chi connectivity index (χ4v) is 3.93. The second-order valence-electron chi connectivity index (χ2n) is 7.98. The van der Waals surface area contributed by atoms with Crippen LogP contribution in [0.15, 0.2) is 55.2 Å². The zero-order valence-corrected chi connectivity index (χ0v) is 18.7. The summed E-state index contributed by atoms with van der Waals surface area (Å²) in [6, 6.07) is 7.48. The summed E-state index contributed by atoms with van der Waals surface area (Å²) in [5.74, 6) is 2.04. The highest BCUT2D eigenvalue weighted by molar-refractivity contribution is 5.95. The van der Waals surface area contributed by atoms with E-state index >= 15 is 0 Å². The predicted molar refractivity (Wildman–Crippen MR) is 129 cm³/mol. The normalized spacial score (nSPS) is 15.3. The number of hydrogen-bond donors (Lipinski definition) is 3. The molecule has 34 heavy (non-hydrogen) atoms. The number of aromatic nitrogens is 5. The highest BCUT2D eigenvalue weighted by atomic mass is 16.5. The van der Waals surface area contributed by atoms with Crippen LogP contribution in [0, 0.1) is 0 Å². The SMILES string of the molecule is COc1cncc2nc(-c3ccnc(NC(=O)Cc4cccnc4)c3)nc(NC3CCNC3)c12. The highest BCUT2D eigenvalue weighted by Crippen LogP contribution is 2.32. The van der Waals surface area contributed by atoms with Gasteiger partial charge in [0, 0.05) is 36.7 Å². The van der Waals surface area contributed by atoms with Gasteiger partial charge in [-0.15, -0.1) is 0 Å². The van der Waals surface area contributed by atoms with Crippen molar-refractivity contribution in [3.63, 3.8) is 0 Å². The van der Waals surface area contributed by atoms with Crippen molar-refractivity contribution in [2.45, 2.75) is 18.9 Å². The van der Waals surface area contributed by atoms with Gasteiger partial charge in [0.25, 0.3) is 0 Å². The summed E-state index contributed by atoms with van der Waals surface area (Å²) in [5, 5.41) is 10.5. The first-order chi connectivity index (χ1) is 16.7. The molecule has 1 atom stereocenters. The minimum atomic E-state index is -0.179. The van der Waals surface area contributed by atoms with Gasteiger partial charge in [0.2, 0.25) is 5.91 Å². The molecule has 0 spiro atoms. The van der Waals surface area contributed by atoms with E-state index in [1.807, 2.05) is 12.1 Å². The van der Waals surface area contributed by atoms with Crippen molar-refractivity contribution < 1.29 is 9.53 Å². The predicted octanol–water partition coefficient (Wildman–Crippen LogP) is 2.45. The Morgan fingerprint density at radius 1 is 1.18 bits per heavy atom. The second kappa shape index (κ2) is 9.75. The third-order valence-corrected chi connectivity index (χ3v) is 5.57. The third-order valence-electron chi connectivity index (χ3n) is 5.57. The molecule has 5 heterocycles. The number of carbonyl (C=O) groups excluding carboxylic acids is 1. The molecule has 1 aliphatic rings. The highest BCUT2D eigenvalue weighted by Gasteiger charge is 2.20. The van der Waals surface area contributed by atoms with Gasteiger partial charge in [-0.3, -0.25) is 14.8 Å². The molecule has 172 valence electrons. The van der Waals surface area contributed by atoms with E-state index in [4.69, 9.17) is 14.7 Å². The number of ether oxygens (including phenoxy) is 1. The van der Waals surface area contributed by atoms with Crippen LogP contribution >= 0.6 is 0 Å². The molecule has 0 saturated carbocycles. The molecule has 3 N–H and O–H groups in total. The quantitative estimate of drug-likeness (QED) is 0.384. The van der Waals surface area contributed by atoms with E-state index in [2.05, 4.69) is 30.9 Å². The first-order valence-electron chi connectivity index (χ1n) is 11.0. The van der Waals surface area contributed by atoms with Crippen molar-refractivity contribution in [2.24, 2.45) is 0 Å². The Bertz CT molecular complexity index is 1310. The fraction of sp³-hybridized carbons (Fsp3) is 0.250. The largest absolute Gasteiger partial charge is 0.494 e. The lowest BCUT2D eigenvalue weighted by Gasteiger charge is -2.16. The van der Waals surface area contributed by atoms with Crippen molar-refractivity contribution in [3.8, 4) is 17.1 Å². The molecule has 4 aromatic rings. The van der Waals surface area contributed by atoms with Gasteiger partial charge >= 0.3 is 0 Å². The molecule has 1 unspecified atom stereocenters. The Kier molecular flexibility index (Phi) is 6.21. The van der Waals surface area contributed by atoms with Crippen LogP contribution in [-0.4, -0.2) is 57.1 Å². The van der Waals surface area contributed by atoms with E-state index in [1.54, 1.807) is 50.2 Å². The van der Waals surface area contributed by atoms with E-state index in [9.17, 15) is 4.79 Å². The molecule has 4 aromatic heterocycles. The minimum Gasteiger partial charge on any atom is -0.494 e. The van der Waals surface area contributed by atoms with Gasteiger partial charge in [0.15, 0.2) is 5.82 Å². The number of methoxy groups -OCH3 is 1. The molecular weight excluding hydrogens is 432 g/mol. The molecule has 1 aliphatic heterocycles. The number of nitrogens with zero attached hydrogens (tertiary/aromatic N) is 5. The fourth-order valence-electron chi connectivity index (χ4n) is 3.93. The first-order valence-corrected chi connectivity index (χ1v) is 11.0. The number of carbonyl (C=O) groups is 1. The molecule has 1 saturated heterocycles. The van der Waals surface area contributed by atoms with Crippen molar-refractivity contribution in [2.75, 3.05) is 30.8 Å². The zero-order valence-electron chi connectivity index (χ0n) is 18.7. The molecule has 0 aliphatic carbocycles. The number of rotatable bonds is 7. The Labute approximate surface area is 196 Å². The Balaban J connectivity index is 1.46. The number of nitrogens with one attached hydrogen (secondary N) is 3. The maximum Gasteiger partial charge on any atom is 0.230 e. The van der Waals surface area contributed by atoms with E-state index in [0.717, 1.165) is 36.0 Å². The molecule has 0 radical (unpaired) electrons. The molecule has 10 nitrogen and oxygen atoms in total. The Morgan fingerprint density at radius 2 is 2.12 bits per heavy atom. The standard InChI is InChI=1S/C24H24N8O2/c1-34-19-14-27-13-18-22(19)24(29-17-5-7-26-12-17)32-23(30-18)16-4-8-28-20(10-16)31-21(33)9-15-3-2-6-25-11-15/h2-4,6,8,10-11,13-14,17,26H,5,7,9,12H2,1H3,(H,28,31,33)(H,29,30,32). The van der Waals surface area contributed by atoms with Crippen molar-refractivity contribution >= 4 is 28.4 Å². The molecule has 10 heteroatoms. The topological polar surface area (TPSA) is 127 Å². The summed E-state index contributed by atoms with van der Waals surface area (Å²) in [6.45, 7) is 1.81. The van der Waals surface area contributed by atoms with Crippen LogP contribution < -0.4 is 20.7 Å². The molecule has 0 bridgehead atoms. The van der Waals surface area contributed by atoms with Crippen LogP contribution in [-0.2, 0) is 11.2 Å². The summed E-state index contributed by atoms with van der Waals surface area (Å²) in [6.07, 6.45) is 9.53. The zero-order chi connectivity index (χ0) is 23.3. The third kappa shape index (κ3) is 4.76. The van der Waals surface area contributed by atoms with Gasteiger partial charge < -0.3 is 20.7 Å². The number of amides is 1. The minimum absolute atomic E-state index is 0.179. The molecule has 5 rings (SSSR count). The average Bonchev–Trinajstić information content (AvgIpc) is 3.37. The smallest absolute Gasteiger partial charge is 0.230 e. The molecule has 1 fully saturated rings. The van der Waals surface area contributed by atoms with Crippen LogP contribution in [0.1, 0.15) is 12.0 Å². The lowest BCUT2D eigenvalue weighted by Crippen LogP contribution is -2.23. The first kappa shape index (κ1) is 21.7. The van der Waals surface area contributed by atoms with Crippen LogP contribution in [0.25, 0.3) is 22.3 Å². The van der Waals surface area contributed by atoms with E-state index in [1.165, 1.54) is 0 Å². The Morgan fingerprint density at radius 3 is 2.91 bits per heavy atom. The lowest BCUT2D eigenvalue weighted by atomic mass is 10.2. The van der Waals surface area contributed by atoms with Crippen molar-refractivity contribution in [1.82, 2.24) is 30.2 Å². The maximum absolute atomic E-state index is 12.5. The summed E-state index contributed by atoms with van der Waals surface area (Å²) in [4.78, 5) is 34.6. The summed E-state index contributed by atoms with van der Waals surface area (Å²) in [7, 11) is 1.61.